The molecule has 5 nitrogen and oxygen atoms in total. The van der Waals surface area contributed by atoms with E-state index < -0.39 is 0 Å². The van der Waals surface area contributed by atoms with Gasteiger partial charge in [-0.25, -0.2) is 4.98 Å². The van der Waals surface area contributed by atoms with Gasteiger partial charge in [0.2, 0.25) is 5.56 Å². The van der Waals surface area contributed by atoms with Crippen LogP contribution in [0.15, 0.2) is 65.6 Å². The molecule has 0 aliphatic carbocycles. The Morgan fingerprint density at radius 3 is 2.58 bits per heavy atom. The van der Waals surface area contributed by atoms with E-state index in [9.17, 15) is 4.79 Å². The zero-order chi connectivity index (χ0) is 16.5. The Balaban J connectivity index is 1.93. The molecular weight excluding hydrogens is 302 g/mol. The molecule has 2 N–H and O–H groups in total. The SMILES string of the molecule is Cc1nc2c(Oc3ccccc3)c(-c3ccc(=O)[nH]c3)ccc2[nH]1. The first-order valence-corrected chi connectivity index (χ1v) is 7.62. The van der Waals surface area contributed by atoms with Gasteiger partial charge < -0.3 is 14.7 Å². The molecule has 2 aromatic heterocycles. The van der Waals surface area contributed by atoms with Gasteiger partial charge in [-0.15, -0.1) is 0 Å². The molecule has 4 aromatic rings. The number of nitrogens with zero attached hydrogens (tertiary/aromatic N) is 1. The Morgan fingerprint density at radius 2 is 1.83 bits per heavy atom. The van der Waals surface area contributed by atoms with Crippen LogP contribution in [0.4, 0.5) is 0 Å². The fourth-order valence-corrected chi connectivity index (χ4v) is 2.69. The largest absolute Gasteiger partial charge is 0.454 e. The maximum absolute atomic E-state index is 11.3. The molecule has 2 aromatic carbocycles. The summed E-state index contributed by atoms with van der Waals surface area (Å²) in [5, 5.41) is 0. The van der Waals surface area contributed by atoms with Crippen molar-refractivity contribution in [2.75, 3.05) is 0 Å². The molecule has 5 heteroatoms. The summed E-state index contributed by atoms with van der Waals surface area (Å²) in [6.07, 6.45) is 1.68. The van der Waals surface area contributed by atoms with Crippen LogP contribution in [0, 0.1) is 6.92 Å². The Bertz CT molecular complexity index is 1040. The number of fused-ring (bicyclic) bond motifs is 1. The first kappa shape index (κ1) is 14.3. The second kappa shape index (κ2) is 5.70. The van der Waals surface area contributed by atoms with E-state index in [1.807, 2.05) is 49.4 Å². The maximum atomic E-state index is 11.3. The molecule has 118 valence electrons. The van der Waals surface area contributed by atoms with Gasteiger partial charge >= 0.3 is 0 Å². The molecule has 0 spiro atoms. The van der Waals surface area contributed by atoms with Crippen LogP contribution in [0.3, 0.4) is 0 Å². The highest BCUT2D eigenvalue weighted by molar-refractivity contribution is 5.91. The molecular formula is C19H15N3O2. The highest BCUT2D eigenvalue weighted by Crippen LogP contribution is 2.38. The van der Waals surface area contributed by atoms with Gasteiger partial charge in [0.1, 0.15) is 17.1 Å². The lowest BCUT2D eigenvalue weighted by atomic mass is 10.1. The van der Waals surface area contributed by atoms with E-state index in [-0.39, 0.29) is 5.56 Å². The summed E-state index contributed by atoms with van der Waals surface area (Å²) in [6.45, 7) is 1.91. The smallest absolute Gasteiger partial charge is 0.247 e. The predicted molar refractivity (Wildman–Crippen MR) is 93.4 cm³/mol. The van der Waals surface area contributed by atoms with Gasteiger partial charge in [0.15, 0.2) is 5.75 Å². The zero-order valence-electron chi connectivity index (χ0n) is 13.0. The molecule has 0 radical (unpaired) electrons. The monoisotopic (exact) mass is 317 g/mol. The standard InChI is InChI=1S/C19H15N3O2/c1-12-21-16-9-8-15(13-7-10-17(23)20-11-13)19(18(16)22-12)24-14-5-3-2-4-6-14/h2-11H,1H3,(H,20,23)(H,21,22). The topological polar surface area (TPSA) is 70.8 Å². The van der Waals surface area contributed by atoms with Gasteiger partial charge in [-0.1, -0.05) is 18.2 Å². The molecule has 0 atom stereocenters. The minimum absolute atomic E-state index is 0.138. The zero-order valence-corrected chi connectivity index (χ0v) is 13.0. The lowest BCUT2D eigenvalue weighted by Crippen LogP contribution is -2.01. The Labute approximate surface area is 138 Å². The quantitative estimate of drug-likeness (QED) is 0.599. The van der Waals surface area contributed by atoms with Crippen LogP contribution < -0.4 is 10.3 Å². The van der Waals surface area contributed by atoms with Crippen molar-refractivity contribution in [1.29, 1.82) is 0 Å². The fraction of sp³-hybridized carbons (Fsp3) is 0.0526. The van der Waals surface area contributed by atoms with Gasteiger partial charge in [-0.05, 0) is 37.3 Å². The molecule has 0 unspecified atom stereocenters. The molecule has 0 fully saturated rings. The van der Waals surface area contributed by atoms with Crippen LogP contribution in [0.25, 0.3) is 22.2 Å². The molecule has 2 heterocycles. The molecule has 0 bridgehead atoms. The number of nitrogens with one attached hydrogen (secondary N) is 2. The highest BCUT2D eigenvalue weighted by atomic mass is 16.5. The fourth-order valence-electron chi connectivity index (χ4n) is 2.69. The van der Waals surface area contributed by atoms with Crippen LogP contribution in [0.2, 0.25) is 0 Å². The third-order valence-electron chi connectivity index (χ3n) is 3.78. The van der Waals surface area contributed by atoms with Gasteiger partial charge in [0.05, 0.1) is 5.52 Å². The first-order valence-electron chi connectivity index (χ1n) is 7.62. The van der Waals surface area contributed by atoms with Gasteiger partial charge in [-0.3, -0.25) is 4.79 Å². The number of aromatic amines is 2. The van der Waals surface area contributed by atoms with Crippen LogP contribution in [-0.4, -0.2) is 15.0 Å². The number of pyridine rings is 1. The number of hydrogen-bond donors (Lipinski definition) is 2. The Kier molecular flexibility index (Phi) is 3.39. The normalized spacial score (nSPS) is 10.9. The van der Waals surface area contributed by atoms with Crippen LogP contribution in [0.1, 0.15) is 5.82 Å². The molecule has 0 saturated heterocycles. The lowest BCUT2D eigenvalue weighted by Gasteiger charge is -2.12. The van der Waals surface area contributed by atoms with E-state index in [1.165, 1.54) is 6.07 Å². The molecule has 4 rings (SSSR count). The first-order chi connectivity index (χ1) is 11.7. The van der Waals surface area contributed by atoms with Crippen molar-refractivity contribution >= 4 is 11.0 Å². The number of aromatic nitrogens is 3. The number of imidazole rings is 1. The molecule has 0 saturated carbocycles. The summed E-state index contributed by atoms with van der Waals surface area (Å²) in [7, 11) is 0. The summed E-state index contributed by atoms with van der Waals surface area (Å²) in [5.74, 6) is 2.22. The lowest BCUT2D eigenvalue weighted by molar-refractivity contribution is 0.489. The molecule has 0 aliphatic rings. The maximum Gasteiger partial charge on any atom is 0.247 e. The molecule has 24 heavy (non-hydrogen) atoms. The van der Waals surface area contributed by atoms with Crippen molar-refractivity contribution in [3.8, 4) is 22.6 Å². The predicted octanol–water partition coefficient (Wildman–Crippen LogP) is 4.02. The van der Waals surface area contributed by atoms with E-state index in [2.05, 4.69) is 15.0 Å². The highest BCUT2D eigenvalue weighted by Gasteiger charge is 2.15. The third-order valence-corrected chi connectivity index (χ3v) is 3.78. The average Bonchev–Trinajstić information content (AvgIpc) is 2.98. The van der Waals surface area contributed by atoms with E-state index in [0.717, 1.165) is 33.7 Å². The van der Waals surface area contributed by atoms with Gasteiger partial charge in [0, 0.05) is 23.4 Å². The molecule has 0 aliphatic heterocycles. The number of H-pyrrole nitrogens is 2. The van der Waals surface area contributed by atoms with Crippen molar-refractivity contribution in [3.63, 3.8) is 0 Å². The second-order valence-corrected chi connectivity index (χ2v) is 5.52. The van der Waals surface area contributed by atoms with Crippen molar-refractivity contribution in [1.82, 2.24) is 15.0 Å². The van der Waals surface area contributed by atoms with Crippen molar-refractivity contribution in [2.24, 2.45) is 0 Å². The second-order valence-electron chi connectivity index (χ2n) is 5.52. The van der Waals surface area contributed by atoms with Crippen molar-refractivity contribution < 1.29 is 4.74 Å². The summed E-state index contributed by atoms with van der Waals surface area (Å²) >= 11 is 0. The van der Waals surface area contributed by atoms with E-state index in [4.69, 9.17) is 4.74 Å². The van der Waals surface area contributed by atoms with E-state index in [1.54, 1.807) is 12.3 Å². The van der Waals surface area contributed by atoms with E-state index in [0.29, 0.717) is 5.75 Å². The Morgan fingerprint density at radius 1 is 1.00 bits per heavy atom. The van der Waals surface area contributed by atoms with E-state index >= 15 is 0 Å². The average molecular weight is 317 g/mol. The number of ether oxygens (including phenoxy) is 1. The van der Waals surface area contributed by atoms with Crippen LogP contribution in [-0.2, 0) is 0 Å². The number of rotatable bonds is 3. The van der Waals surface area contributed by atoms with Gasteiger partial charge in [-0.2, -0.15) is 0 Å². The van der Waals surface area contributed by atoms with Gasteiger partial charge in [0.25, 0.3) is 0 Å². The minimum Gasteiger partial charge on any atom is -0.454 e. The summed E-state index contributed by atoms with van der Waals surface area (Å²) in [6, 6.07) is 16.8. The van der Waals surface area contributed by atoms with Crippen LogP contribution in [0.5, 0.6) is 11.5 Å². The Hall–Kier alpha value is -3.34. The molecule has 0 amide bonds. The number of aryl methyl sites for hydroxylation is 1. The number of para-hydroxylation sites is 1. The van der Waals surface area contributed by atoms with Crippen molar-refractivity contribution in [3.05, 3.63) is 77.0 Å². The minimum atomic E-state index is -0.138. The summed E-state index contributed by atoms with van der Waals surface area (Å²) in [5.41, 5.74) is 3.27. The number of hydrogen-bond acceptors (Lipinski definition) is 3. The summed E-state index contributed by atoms with van der Waals surface area (Å²) < 4.78 is 6.15. The summed E-state index contributed by atoms with van der Waals surface area (Å²) in [4.78, 5) is 21.8. The van der Waals surface area contributed by atoms with Crippen LogP contribution >= 0.6 is 0 Å². The van der Waals surface area contributed by atoms with Crippen molar-refractivity contribution in [2.45, 2.75) is 6.92 Å². The number of benzene rings is 2. The third kappa shape index (κ3) is 2.56.